The average Bonchev–Trinajstić information content (AvgIpc) is 2.55. The zero-order valence-corrected chi connectivity index (χ0v) is 12.9. The molecule has 0 saturated carbocycles. The number of hydrogen-bond acceptors (Lipinski definition) is 2. The summed E-state index contributed by atoms with van der Waals surface area (Å²) in [4.78, 5) is 14.8. The summed E-state index contributed by atoms with van der Waals surface area (Å²) in [5.41, 5.74) is 1.43. The number of benzene rings is 1. The van der Waals surface area contributed by atoms with Crippen LogP contribution < -0.4 is 5.32 Å². The van der Waals surface area contributed by atoms with Crippen molar-refractivity contribution in [2.24, 2.45) is 5.92 Å². The Balaban J connectivity index is 1.54. The molecule has 2 aliphatic rings. The smallest absolute Gasteiger partial charge is 0.225 e. The van der Waals surface area contributed by atoms with Crippen LogP contribution in [0.3, 0.4) is 0 Å². The molecule has 2 saturated heterocycles. The van der Waals surface area contributed by atoms with E-state index >= 15 is 0 Å². The van der Waals surface area contributed by atoms with Gasteiger partial charge in [0.15, 0.2) is 0 Å². The molecule has 2 atom stereocenters. The van der Waals surface area contributed by atoms with Crippen LogP contribution in [0.25, 0.3) is 0 Å². The fourth-order valence-corrected chi connectivity index (χ4v) is 3.77. The van der Waals surface area contributed by atoms with Crippen LogP contribution in [0.4, 0.5) is 0 Å². The lowest BCUT2D eigenvalue weighted by Gasteiger charge is -2.36. The highest BCUT2D eigenvalue weighted by Crippen LogP contribution is 2.29. The van der Waals surface area contributed by atoms with E-state index in [0.717, 1.165) is 45.3 Å². The van der Waals surface area contributed by atoms with Crippen LogP contribution in [0.2, 0.25) is 0 Å². The van der Waals surface area contributed by atoms with Crippen LogP contribution in [-0.2, 0) is 4.79 Å². The number of nitrogens with one attached hydrogen (secondary N) is 1. The summed E-state index contributed by atoms with van der Waals surface area (Å²) < 4.78 is 0. The fraction of sp³-hybridized carbons (Fsp3) is 0.611. The topological polar surface area (TPSA) is 32.3 Å². The van der Waals surface area contributed by atoms with Gasteiger partial charge >= 0.3 is 0 Å². The third-order valence-electron chi connectivity index (χ3n) is 5.05. The number of nitrogens with zero attached hydrogens (tertiary/aromatic N) is 1. The van der Waals surface area contributed by atoms with E-state index in [-0.39, 0.29) is 5.92 Å². The van der Waals surface area contributed by atoms with Gasteiger partial charge in [0.25, 0.3) is 0 Å². The van der Waals surface area contributed by atoms with Crippen molar-refractivity contribution in [2.75, 3.05) is 19.6 Å². The van der Waals surface area contributed by atoms with Crippen molar-refractivity contribution in [1.29, 1.82) is 0 Å². The molecular formula is C18H26N2O. The molecule has 2 heterocycles. The molecule has 1 aromatic carbocycles. The van der Waals surface area contributed by atoms with Gasteiger partial charge in [-0.1, -0.05) is 30.3 Å². The average molecular weight is 286 g/mol. The molecule has 3 heteroatoms. The number of piperidine rings is 2. The summed E-state index contributed by atoms with van der Waals surface area (Å²) >= 11 is 0. The highest BCUT2D eigenvalue weighted by Gasteiger charge is 2.31. The Morgan fingerprint density at radius 2 is 1.86 bits per heavy atom. The Morgan fingerprint density at radius 3 is 2.52 bits per heavy atom. The molecule has 0 radical (unpaired) electrons. The van der Waals surface area contributed by atoms with Gasteiger partial charge in [-0.05, 0) is 50.6 Å². The minimum atomic E-state index is 0.245. The zero-order valence-electron chi connectivity index (χ0n) is 12.9. The Bertz CT molecular complexity index is 465. The molecule has 1 amide bonds. The molecule has 3 nitrogen and oxygen atoms in total. The summed E-state index contributed by atoms with van der Waals surface area (Å²) in [6.45, 7) is 5.02. The lowest BCUT2D eigenvalue weighted by atomic mass is 9.87. The predicted octanol–water partition coefficient (Wildman–Crippen LogP) is 2.78. The second kappa shape index (κ2) is 6.61. The standard InChI is InChI=1S/C18H26N2O/c1-14-13-17(7-10-19-14)18(21)20-11-8-16(9-12-20)15-5-3-2-4-6-15/h2-6,14,16-17,19H,7-13H2,1H3. The summed E-state index contributed by atoms with van der Waals surface area (Å²) in [5.74, 6) is 1.27. The van der Waals surface area contributed by atoms with Crippen molar-refractivity contribution in [1.82, 2.24) is 10.2 Å². The molecule has 2 unspecified atom stereocenters. The van der Waals surface area contributed by atoms with Gasteiger partial charge in [-0.2, -0.15) is 0 Å². The van der Waals surface area contributed by atoms with E-state index in [1.165, 1.54) is 5.56 Å². The van der Waals surface area contributed by atoms with Gasteiger partial charge in [0.2, 0.25) is 5.91 Å². The van der Waals surface area contributed by atoms with E-state index in [1.54, 1.807) is 0 Å². The Kier molecular flexibility index (Phi) is 4.59. The third-order valence-corrected chi connectivity index (χ3v) is 5.05. The maximum absolute atomic E-state index is 12.6. The molecule has 2 fully saturated rings. The largest absolute Gasteiger partial charge is 0.342 e. The van der Waals surface area contributed by atoms with Gasteiger partial charge in [0.05, 0.1) is 0 Å². The molecule has 1 N–H and O–H groups in total. The van der Waals surface area contributed by atoms with Crippen LogP contribution in [-0.4, -0.2) is 36.5 Å². The number of rotatable bonds is 2. The highest BCUT2D eigenvalue weighted by atomic mass is 16.2. The van der Waals surface area contributed by atoms with E-state index in [1.807, 2.05) is 0 Å². The molecule has 114 valence electrons. The Labute approximate surface area is 127 Å². The molecule has 2 aliphatic heterocycles. The van der Waals surface area contributed by atoms with E-state index in [9.17, 15) is 4.79 Å². The molecule has 0 spiro atoms. The van der Waals surface area contributed by atoms with E-state index in [0.29, 0.717) is 17.9 Å². The van der Waals surface area contributed by atoms with Crippen molar-refractivity contribution in [3.63, 3.8) is 0 Å². The second-order valence-electron chi connectivity index (χ2n) is 6.59. The first-order valence-corrected chi connectivity index (χ1v) is 8.31. The second-order valence-corrected chi connectivity index (χ2v) is 6.59. The highest BCUT2D eigenvalue weighted by molar-refractivity contribution is 5.79. The van der Waals surface area contributed by atoms with Gasteiger partial charge < -0.3 is 10.2 Å². The van der Waals surface area contributed by atoms with E-state index < -0.39 is 0 Å². The summed E-state index contributed by atoms with van der Waals surface area (Å²) in [6.07, 6.45) is 4.21. The molecule has 1 aromatic rings. The Morgan fingerprint density at radius 1 is 1.14 bits per heavy atom. The quantitative estimate of drug-likeness (QED) is 0.906. The van der Waals surface area contributed by atoms with Crippen LogP contribution in [0, 0.1) is 5.92 Å². The molecule has 0 aliphatic carbocycles. The van der Waals surface area contributed by atoms with Crippen LogP contribution in [0.1, 0.15) is 44.1 Å². The first-order valence-electron chi connectivity index (χ1n) is 8.31. The monoisotopic (exact) mass is 286 g/mol. The zero-order chi connectivity index (χ0) is 14.7. The van der Waals surface area contributed by atoms with Crippen molar-refractivity contribution >= 4 is 5.91 Å². The van der Waals surface area contributed by atoms with Crippen molar-refractivity contribution in [2.45, 2.75) is 44.6 Å². The SMILES string of the molecule is CC1CC(C(=O)N2CCC(c3ccccc3)CC2)CCN1. The van der Waals surface area contributed by atoms with Crippen molar-refractivity contribution in [3.8, 4) is 0 Å². The van der Waals surface area contributed by atoms with E-state index in [2.05, 4.69) is 47.5 Å². The molecular weight excluding hydrogens is 260 g/mol. The van der Waals surface area contributed by atoms with Crippen LogP contribution in [0.15, 0.2) is 30.3 Å². The van der Waals surface area contributed by atoms with Gasteiger partial charge in [0, 0.05) is 25.0 Å². The summed E-state index contributed by atoms with van der Waals surface area (Å²) in [6, 6.07) is 11.2. The number of amides is 1. The normalized spacial score (nSPS) is 27.6. The number of hydrogen-bond donors (Lipinski definition) is 1. The van der Waals surface area contributed by atoms with Gasteiger partial charge in [-0.25, -0.2) is 0 Å². The molecule has 21 heavy (non-hydrogen) atoms. The number of likely N-dealkylation sites (tertiary alicyclic amines) is 1. The molecule has 0 bridgehead atoms. The number of carbonyl (C=O) groups is 1. The Hall–Kier alpha value is -1.35. The molecule has 0 aromatic heterocycles. The lowest BCUT2D eigenvalue weighted by Crippen LogP contribution is -2.46. The first-order chi connectivity index (χ1) is 10.2. The van der Waals surface area contributed by atoms with Gasteiger partial charge in [-0.15, -0.1) is 0 Å². The lowest BCUT2D eigenvalue weighted by molar-refractivity contribution is -0.137. The minimum Gasteiger partial charge on any atom is -0.342 e. The maximum atomic E-state index is 12.6. The predicted molar refractivity (Wildman–Crippen MR) is 85.2 cm³/mol. The third kappa shape index (κ3) is 3.46. The van der Waals surface area contributed by atoms with Crippen LogP contribution >= 0.6 is 0 Å². The van der Waals surface area contributed by atoms with Crippen molar-refractivity contribution in [3.05, 3.63) is 35.9 Å². The minimum absolute atomic E-state index is 0.245. The van der Waals surface area contributed by atoms with Gasteiger partial charge in [0.1, 0.15) is 0 Å². The first kappa shape index (κ1) is 14.6. The fourth-order valence-electron chi connectivity index (χ4n) is 3.77. The van der Waals surface area contributed by atoms with Crippen LogP contribution in [0.5, 0.6) is 0 Å². The molecule has 3 rings (SSSR count). The maximum Gasteiger partial charge on any atom is 0.225 e. The summed E-state index contributed by atoms with van der Waals surface area (Å²) in [5, 5.41) is 3.43. The van der Waals surface area contributed by atoms with Crippen molar-refractivity contribution < 1.29 is 4.79 Å². The number of carbonyl (C=O) groups excluding carboxylic acids is 1. The van der Waals surface area contributed by atoms with E-state index in [4.69, 9.17) is 0 Å². The van der Waals surface area contributed by atoms with Gasteiger partial charge in [-0.3, -0.25) is 4.79 Å². The summed E-state index contributed by atoms with van der Waals surface area (Å²) in [7, 11) is 0.